The van der Waals surface area contributed by atoms with Gasteiger partial charge in [-0.25, -0.2) is 9.37 Å². The summed E-state index contributed by atoms with van der Waals surface area (Å²) in [4.78, 5) is 20.9. The Morgan fingerprint density at radius 1 is 1.32 bits per heavy atom. The van der Waals surface area contributed by atoms with E-state index in [1.54, 1.807) is 4.90 Å². The number of aliphatic hydroxyl groups is 1. The quantitative estimate of drug-likeness (QED) is 0.807. The minimum Gasteiger partial charge on any atom is -0.395 e. The molecule has 154 valence electrons. The number of alkyl halides is 1. The second-order valence-electron chi connectivity index (χ2n) is 8.87. The molecule has 0 spiro atoms. The molecule has 6 nitrogen and oxygen atoms in total. The predicted molar refractivity (Wildman–Crippen MR) is 104 cm³/mol. The Hall–Kier alpha value is -1.73. The van der Waals surface area contributed by atoms with E-state index in [1.807, 2.05) is 18.7 Å². The van der Waals surface area contributed by atoms with E-state index in [9.17, 15) is 14.3 Å². The van der Waals surface area contributed by atoms with Gasteiger partial charge >= 0.3 is 0 Å². The number of aromatic nitrogens is 1. The van der Waals surface area contributed by atoms with Crippen LogP contribution in [0.5, 0.6) is 0 Å². The molecule has 3 heterocycles. The van der Waals surface area contributed by atoms with Crippen LogP contribution in [0.2, 0.25) is 0 Å². The Bertz CT molecular complexity index is 781. The van der Waals surface area contributed by atoms with Crippen LogP contribution in [0.25, 0.3) is 0 Å². The molecule has 1 aromatic heterocycles. The lowest BCUT2D eigenvalue weighted by Crippen LogP contribution is -2.47. The molecule has 2 aliphatic heterocycles. The first-order valence-electron chi connectivity index (χ1n) is 10.2. The molecule has 7 heteroatoms. The summed E-state index contributed by atoms with van der Waals surface area (Å²) in [6.07, 6.45) is 1.60. The Balaban J connectivity index is 1.49. The second-order valence-corrected chi connectivity index (χ2v) is 8.87. The van der Waals surface area contributed by atoms with E-state index in [2.05, 4.69) is 6.92 Å². The number of halogens is 1. The number of anilines is 1. The molecule has 1 amide bonds. The maximum Gasteiger partial charge on any atom is 0.256 e. The van der Waals surface area contributed by atoms with Crippen LogP contribution in [-0.4, -0.2) is 66.0 Å². The third-order valence-corrected chi connectivity index (χ3v) is 6.54. The van der Waals surface area contributed by atoms with Crippen LogP contribution < -0.4 is 4.90 Å². The number of amides is 1. The van der Waals surface area contributed by atoms with Crippen molar-refractivity contribution >= 4 is 11.7 Å². The fraction of sp³-hybridized carbons (Fsp3) is 0.714. The summed E-state index contributed by atoms with van der Waals surface area (Å²) in [5.74, 6) is 0.693. The minimum absolute atomic E-state index is 0.0687. The third-order valence-electron chi connectivity index (χ3n) is 6.54. The molecule has 1 N–H and O–H groups in total. The van der Waals surface area contributed by atoms with Gasteiger partial charge in [0.05, 0.1) is 43.7 Å². The summed E-state index contributed by atoms with van der Waals surface area (Å²) >= 11 is 0. The van der Waals surface area contributed by atoms with Crippen LogP contribution in [0.1, 0.15) is 53.4 Å². The van der Waals surface area contributed by atoms with E-state index in [0.717, 1.165) is 22.6 Å². The van der Waals surface area contributed by atoms with Crippen molar-refractivity contribution in [2.45, 2.75) is 58.9 Å². The van der Waals surface area contributed by atoms with Crippen LogP contribution in [0.3, 0.4) is 0 Å². The molecule has 0 bridgehead atoms. The number of carbonyl (C=O) groups is 1. The van der Waals surface area contributed by atoms with Crippen molar-refractivity contribution in [2.75, 3.05) is 37.7 Å². The highest BCUT2D eigenvalue weighted by Gasteiger charge is 2.40. The average Bonchev–Trinajstić information content (AvgIpc) is 3.32. The summed E-state index contributed by atoms with van der Waals surface area (Å²) in [5, 5.41) is 9.18. The van der Waals surface area contributed by atoms with E-state index in [1.165, 1.54) is 12.8 Å². The molecular weight excluding hydrogens is 361 g/mol. The van der Waals surface area contributed by atoms with E-state index in [-0.39, 0.29) is 30.6 Å². The zero-order valence-electron chi connectivity index (χ0n) is 17.0. The van der Waals surface area contributed by atoms with E-state index < -0.39 is 6.17 Å². The highest BCUT2D eigenvalue weighted by molar-refractivity contribution is 6.00. The van der Waals surface area contributed by atoms with Crippen molar-refractivity contribution in [3.63, 3.8) is 0 Å². The summed E-state index contributed by atoms with van der Waals surface area (Å²) in [5.41, 5.74) is 3.46. The molecule has 1 saturated heterocycles. The molecule has 0 unspecified atom stereocenters. The molecule has 4 rings (SSSR count). The zero-order chi connectivity index (χ0) is 20.1. The number of ether oxygens (including phenoxy) is 1. The monoisotopic (exact) mass is 391 g/mol. The van der Waals surface area contributed by atoms with Crippen molar-refractivity contribution in [3.8, 4) is 0 Å². The Morgan fingerprint density at radius 3 is 2.71 bits per heavy atom. The van der Waals surface area contributed by atoms with Gasteiger partial charge in [-0.1, -0.05) is 6.92 Å². The van der Waals surface area contributed by atoms with Gasteiger partial charge in [0.1, 0.15) is 12.0 Å². The number of hydrogen-bond acceptors (Lipinski definition) is 5. The van der Waals surface area contributed by atoms with Crippen molar-refractivity contribution < 1.29 is 19.0 Å². The molecule has 0 aromatic carbocycles. The molecule has 2 fully saturated rings. The van der Waals surface area contributed by atoms with Crippen molar-refractivity contribution in [1.82, 2.24) is 9.88 Å². The van der Waals surface area contributed by atoms with Gasteiger partial charge < -0.3 is 19.6 Å². The largest absolute Gasteiger partial charge is 0.395 e. The van der Waals surface area contributed by atoms with Gasteiger partial charge in [0.25, 0.3) is 5.91 Å². The maximum atomic E-state index is 14.8. The SMILES string of the molecule is Cc1c(N2CC[C@@H](OCC3(C)CC3)[C@H](F)C2)nc2c(c1C)C(=O)N(CCO)C2. The van der Waals surface area contributed by atoms with Crippen LogP contribution >= 0.6 is 0 Å². The fourth-order valence-electron chi connectivity index (χ4n) is 4.19. The van der Waals surface area contributed by atoms with Gasteiger partial charge in [-0.15, -0.1) is 0 Å². The van der Waals surface area contributed by atoms with E-state index in [0.29, 0.717) is 38.2 Å². The molecule has 0 radical (unpaired) electrons. The average molecular weight is 391 g/mol. The number of carbonyl (C=O) groups excluding carboxylic acids is 1. The maximum absolute atomic E-state index is 14.8. The number of piperidine rings is 1. The number of nitrogens with zero attached hydrogens (tertiary/aromatic N) is 3. The molecular formula is C21H30FN3O3. The Morgan fingerprint density at radius 2 is 2.07 bits per heavy atom. The summed E-state index contributed by atoms with van der Waals surface area (Å²) < 4.78 is 20.7. The van der Waals surface area contributed by atoms with Gasteiger partial charge in [0, 0.05) is 13.1 Å². The first-order chi connectivity index (χ1) is 13.3. The third kappa shape index (κ3) is 3.50. The smallest absolute Gasteiger partial charge is 0.256 e. The summed E-state index contributed by atoms with van der Waals surface area (Å²) in [6, 6.07) is 0. The van der Waals surface area contributed by atoms with Gasteiger partial charge in [-0.3, -0.25) is 4.79 Å². The number of rotatable bonds is 6. The molecule has 2 atom stereocenters. The Kier molecular flexibility index (Phi) is 5.08. The lowest BCUT2D eigenvalue weighted by molar-refractivity contribution is -0.0302. The number of aliphatic hydroxyl groups excluding tert-OH is 1. The van der Waals surface area contributed by atoms with Crippen molar-refractivity contribution in [2.24, 2.45) is 5.41 Å². The van der Waals surface area contributed by atoms with Crippen molar-refractivity contribution in [3.05, 3.63) is 22.4 Å². The summed E-state index contributed by atoms with van der Waals surface area (Å²) in [7, 11) is 0. The molecule has 1 saturated carbocycles. The van der Waals surface area contributed by atoms with Crippen LogP contribution in [0.15, 0.2) is 0 Å². The molecule has 1 aliphatic carbocycles. The van der Waals surface area contributed by atoms with Gasteiger partial charge in [0.2, 0.25) is 0 Å². The summed E-state index contributed by atoms with van der Waals surface area (Å²) in [6.45, 7) is 8.32. The van der Waals surface area contributed by atoms with E-state index >= 15 is 0 Å². The highest BCUT2D eigenvalue weighted by atomic mass is 19.1. The number of hydrogen-bond donors (Lipinski definition) is 1. The number of β-amino-alcohol motifs (C(OH)–C–C–N with tert-alkyl or cyclic N) is 1. The fourth-order valence-corrected chi connectivity index (χ4v) is 4.19. The first kappa shape index (κ1) is 19.6. The molecule has 1 aromatic rings. The lowest BCUT2D eigenvalue weighted by Gasteiger charge is -2.36. The predicted octanol–water partition coefficient (Wildman–Crippen LogP) is 2.38. The van der Waals surface area contributed by atoms with Crippen LogP contribution in [-0.2, 0) is 11.3 Å². The van der Waals surface area contributed by atoms with Gasteiger partial charge in [-0.2, -0.15) is 0 Å². The lowest BCUT2D eigenvalue weighted by atomic mass is 10.0. The first-order valence-corrected chi connectivity index (χ1v) is 10.2. The molecule has 28 heavy (non-hydrogen) atoms. The molecule has 3 aliphatic rings. The van der Waals surface area contributed by atoms with Crippen LogP contribution in [0, 0.1) is 19.3 Å². The standard InChI is InChI=1S/C21H30FN3O3/c1-13-14(2)19(23-16-11-25(8-9-26)20(27)18(13)16)24-7-4-17(15(22)10-24)28-12-21(3)5-6-21/h15,17,26H,4-12H2,1-3H3/t15-,17-/m1/s1. The number of fused-ring (bicyclic) bond motifs is 1. The second kappa shape index (κ2) is 7.26. The Labute approximate surface area is 165 Å². The topological polar surface area (TPSA) is 65.9 Å². The minimum atomic E-state index is -1.04. The van der Waals surface area contributed by atoms with E-state index in [4.69, 9.17) is 9.72 Å². The van der Waals surface area contributed by atoms with Gasteiger partial charge in [0.15, 0.2) is 0 Å². The normalized spacial score (nSPS) is 26.0. The van der Waals surface area contributed by atoms with Crippen LogP contribution in [0.4, 0.5) is 10.2 Å². The number of pyridine rings is 1. The van der Waals surface area contributed by atoms with Gasteiger partial charge in [-0.05, 0) is 49.7 Å². The zero-order valence-corrected chi connectivity index (χ0v) is 17.0. The van der Waals surface area contributed by atoms with Crippen molar-refractivity contribution in [1.29, 1.82) is 0 Å². The highest BCUT2D eigenvalue weighted by Crippen LogP contribution is 2.45.